The maximum Gasteiger partial charge on any atom is 0.325 e. The minimum Gasteiger partial charge on any atom is -0.480 e. The second kappa shape index (κ2) is 6.18. The molecule has 2 atom stereocenters. The number of ether oxygens (including phenoxy) is 1. The van der Waals surface area contributed by atoms with Crippen LogP contribution in [0.25, 0.3) is 0 Å². The van der Waals surface area contributed by atoms with Crippen LogP contribution in [-0.4, -0.2) is 30.3 Å². The zero-order valence-corrected chi connectivity index (χ0v) is 10.7. The van der Waals surface area contributed by atoms with E-state index in [4.69, 9.17) is 16.3 Å². The van der Waals surface area contributed by atoms with E-state index in [-0.39, 0.29) is 6.10 Å². The van der Waals surface area contributed by atoms with Crippen LogP contribution in [0.1, 0.15) is 24.4 Å². The molecule has 0 radical (unpaired) electrons. The van der Waals surface area contributed by atoms with Crippen molar-refractivity contribution in [3.8, 4) is 0 Å². The van der Waals surface area contributed by atoms with Crippen LogP contribution in [-0.2, 0) is 9.53 Å². The Morgan fingerprint density at radius 1 is 1.56 bits per heavy atom. The Balaban J connectivity index is 2.04. The molecule has 1 aromatic carbocycles. The summed E-state index contributed by atoms with van der Waals surface area (Å²) in [7, 11) is 0. The van der Waals surface area contributed by atoms with Gasteiger partial charge >= 0.3 is 5.97 Å². The van der Waals surface area contributed by atoms with E-state index in [1.807, 2.05) is 0 Å². The van der Waals surface area contributed by atoms with Crippen molar-refractivity contribution in [2.24, 2.45) is 0 Å². The van der Waals surface area contributed by atoms with Gasteiger partial charge in [-0.2, -0.15) is 0 Å². The van der Waals surface area contributed by atoms with Crippen molar-refractivity contribution in [2.75, 3.05) is 13.2 Å². The average Bonchev–Trinajstić information content (AvgIpc) is 2.84. The Kier molecular flexibility index (Phi) is 4.58. The van der Waals surface area contributed by atoms with E-state index in [2.05, 4.69) is 5.32 Å². The maximum absolute atomic E-state index is 11.3. The molecule has 1 fully saturated rings. The zero-order valence-electron chi connectivity index (χ0n) is 9.93. The Bertz CT molecular complexity index is 418. The van der Waals surface area contributed by atoms with Crippen LogP contribution >= 0.6 is 11.6 Å². The monoisotopic (exact) mass is 269 g/mol. The fourth-order valence-corrected chi connectivity index (χ4v) is 2.34. The quantitative estimate of drug-likeness (QED) is 0.861. The predicted octanol–water partition coefficient (Wildman–Crippen LogP) is 2.23. The normalized spacial score (nSPS) is 20.8. The van der Waals surface area contributed by atoms with Gasteiger partial charge in [0, 0.05) is 18.2 Å². The minimum absolute atomic E-state index is 0.106. The van der Waals surface area contributed by atoms with Gasteiger partial charge in [0.25, 0.3) is 0 Å². The van der Waals surface area contributed by atoms with Crippen LogP contribution < -0.4 is 5.32 Å². The SMILES string of the molecule is O=C(O)C(NCC1CCCO1)c1ccccc1Cl. The van der Waals surface area contributed by atoms with Gasteiger partial charge in [-0.15, -0.1) is 0 Å². The molecule has 0 spiro atoms. The van der Waals surface area contributed by atoms with Gasteiger partial charge < -0.3 is 9.84 Å². The topological polar surface area (TPSA) is 58.6 Å². The number of carbonyl (C=O) groups is 1. The van der Waals surface area contributed by atoms with Crippen molar-refractivity contribution in [3.63, 3.8) is 0 Å². The number of halogens is 1. The third kappa shape index (κ3) is 3.22. The maximum atomic E-state index is 11.3. The summed E-state index contributed by atoms with van der Waals surface area (Å²) in [5.74, 6) is -0.930. The molecule has 1 saturated heterocycles. The summed E-state index contributed by atoms with van der Waals surface area (Å²) in [6.45, 7) is 1.29. The van der Waals surface area contributed by atoms with Gasteiger partial charge in [0.1, 0.15) is 6.04 Å². The Morgan fingerprint density at radius 2 is 2.33 bits per heavy atom. The van der Waals surface area contributed by atoms with E-state index in [1.54, 1.807) is 24.3 Å². The summed E-state index contributed by atoms with van der Waals surface area (Å²) >= 11 is 6.02. The third-order valence-corrected chi connectivity index (χ3v) is 3.38. The Labute approximate surface area is 111 Å². The number of hydrogen-bond acceptors (Lipinski definition) is 3. The van der Waals surface area contributed by atoms with Crippen LogP contribution in [0.15, 0.2) is 24.3 Å². The van der Waals surface area contributed by atoms with Gasteiger partial charge in [-0.3, -0.25) is 10.1 Å². The highest BCUT2D eigenvalue weighted by molar-refractivity contribution is 6.31. The first-order valence-corrected chi connectivity index (χ1v) is 6.38. The first kappa shape index (κ1) is 13.3. The fraction of sp³-hybridized carbons (Fsp3) is 0.462. The molecule has 4 nitrogen and oxygen atoms in total. The summed E-state index contributed by atoms with van der Waals surface area (Å²) in [6.07, 6.45) is 2.12. The molecule has 98 valence electrons. The number of hydrogen-bond donors (Lipinski definition) is 2. The van der Waals surface area contributed by atoms with E-state index in [0.29, 0.717) is 17.1 Å². The number of carboxylic acid groups (broad SMARTS) is 1. The highest BCUT2D eigenvalue weighted by Gasteiger charge is 2.24. The molecule has 0 amide bonds. The summed E-state index contributed by atoms with van der Waals surface area (Å²) in [6, 6.07) is 6.20. The largest absolute Gasteiger partial charge is 0.480 e. The molecule has 1 aromatic rings. The van der Waals surface area contributed by atoms with Crippen LogP contribution in [0.2, 0.25) is 5.02 Å². The number of aliphatic carboxylic acids is 1. The lowest BCUT2D eigenvalue weighted by Crippen LogP contribution is -2.34. The van der Waals surface area contributed by atoms with Crippen molar-refractivity contribution >= 4 is 17.6 Å². The standard InChI is InChI=1S/C13H16ClNO3/c14-11-6-2-1-5-10(11)12(13(16)17)15-8-9-4-3-7-18-9/h1-2,5-6,9,12,15H,3-4,7-8H2,(H,16,17). The minimum atomic E-state index is -0.930. The molecule has 0 saturated carbocycles. The fourth-order valence-electron chi connectivity index (χ4n) is 2.09. The van der Waals surface area contributed by atoms with Crippen LogP contribution in [0, 0.1) is 0 Å². The van der Waals surface area contributed by atoms with Gasteiger partial charge in [-0.1, -0.05) is 29.8 Å². The lowest BCUT2D eigenvalue weighted by atomic mass is 10.1. The van der Waals surface area contributed by atoms with Crippen molar-refractivity contribution in [1.29, 1.82) is 0 Å². The average molecular weight is 270 g/mol. The zero-order chi connectivity index (χ0) is 13.0. The summed E-state index contributed by atoms with van der Waals surface area (Å²) < 4.78 is 5.46. The van der Waals surface area contributed by atoms with E-state index in [0.717, 1.165) is 19.4 Å². The molecule has 5 heteroatoms. The number of benzene rings is 1. The van der Waals surface area contributed by atoms with Crippen molar-refractivity contribution in [2.45, 2.75) is 25.0 Å². The van der Waals surface area contributed by atoms with E-state index >= 15 is 0 Å². The molecule has 0 aromatic heterocycles. The molecule has 2 rings (SSSR count). The van der Waals surface area contributed by atoms with Crippen molar-refractivity contribution in [3.05, 3.63) is 34.9 Å². The number of carboxylic acids is 1. The van der Waals surface area contributed by atoms with Gasteiger partial charge in [-0.25, -0.2) is 0 Å². The summed E-state index contributed by atoms with van der Waals surface area (Å²) in [5.41, 5.74) is 0.588. The summed E-state index contributed by atoms with van der Waals surface area (Å²) in [5, 5.41) is 12.7. The first-order chi connectivity index (χ1) is 8.68. The lowest BCUT2D eigenvalue weighted by Gasteiger charge is -2.18. The Morgan fingerprint density at radius 3 is 2.94 bits per heavy atom. The lowest BCUT2D eigenvalue weighted by molar-refractivity contribution is -0.139. The molecular weight excluding hydrogens is 254 g/mol. The molecule has 1 aliphatic rings. The van der Waals surface area contributed by atoms with Crippen LogP contribution in [0.4, 0.5) is 0 Å². The number of nitrogens with one attached hydrogen (secondary N) is 1. The highest BCUT2D eigenvalue weighted by atomic mass is 35.5. The molecular formula is C13H16ClNO3. The first-order valence-electron chi connectivity index (χ1n) is 6.00. The number of rotatable bonds is 5. The van der Waals surface area contributed by atoms with E-state index < -0.39 is 12.0 Å². The van der Waals surface area contributed by atoms with Crippen molar-refractivity contribution < 1.29 is 14.6 Å². The van der Waals surface area contributed by atoms with Crippen LogP contribution in [0.3, 0.4) is 0 Å². The Hall–Kier alpha value is -1.10. The van der Waals surface area contributed by atoms with Gasteiger partial charge in [0.05, 0.1) is 6.10 Å². The molecule has 1 aliphatic heterocycles. The van der Waals surface area contributed by atoms with E-state index in [1.165, 1.54) is 0 Å². The molecule has 18 heavy (non-hydrogen) atoms. The molecule has 0 aliphatic carbocycles. The van der Waals surface area contributed by atoms with Crippen LogP contribution in [0.5, 0.6) is 0 Å². The van der Waals surface area contributed by atoms with Gasteiger partial charge in [-0.05, 0) is 24.5 Å². The second-order valence-corrected chi connectivity index (χ2v) is 4.74. The van der Waals surface area contributed by atoms with Gasteiger partial charge in [0.2, 0.25) is 0 Å². The van der Waals surface area contributed by atoms with Crippen molar-refractivity contribution in [1.82, 2.24) is 5.32 Å². The van der Waals surface area contributed by atoms with Gasteiger partial charge in [0.15, 0.2) is 0 Å². The summed E-state index contributed by atoms with van der Waals surface area (Å²) in [4.78, 5) is 11.3. The highest BCUT2D eigenvalue weighted by Crippen LogP contribution is 2.23. The third-order valence-electron chi connectivity index (χ3n) is 3.04. The second-order valence-electron chi connectivity index (χ2n) is 4.34. The molecule has 1 heterocycles. The smallest absolute Gasteiger partial charge is 0.325 e. The molecule has 0 bridgehead atoms. The predicted molar refractivity (Wildman–Crippen MR) is 68.8 cm³/mol. The molecule has 2 N–H and O–H groups in total. The molecule has 2 unspecified atom stereocenters. The van der Waals surface area contributed by atoms with E-state index in [9.17, 15) is 9.90 Å².